The molecular weight excluding hydrogens is 440 g/mol. The summed E-state index contributed by atoms with van der Waals surface area (Å²) < 4.78 is 56.9. The van der Waals surface area contributed by atoms with Gasteiger partial charge in [0.25, 0.3) is 5.56 Å². The summed E-state index contributed by atoms with van der Waals surface area (Å²) in [7, 11) is 0. The summed E-state index contributed by atoms with van der Waals surface area (Å²) in [5, 5.41) is 6.42. The number of hydrogen-bond donors (Lipinski definition) is 1. The molecule has 0 unspecified atom stereocenters. The largest absolute Gasteiger partial charge is 0.417 e. The van der Waals surface area contributed by atoms with Gasteiger partial charge in [-0.2, -0.15) is 18.3 Å². The maximum absolute atomic E-state index is 13.8. The molecule has 0 spiro atoms. The number of anilines is 1. The standard InChI is InChI=1S/C23H18F4N4O2/c1-13-6-8-17(9-7-13)31-22-21(14(2)29-31)18(23(25,26)27)11-20(33)30(22)12-19(32)28-16-5-3-4-15(24)10-16/h3-11H,12H2,1-2H3,(H,28,32). The Kier molecular flexibility index (Phi) is 5.52. The Balaban J connectivity index is 1.90. The summed E-state index contributed by atoms with van der Waals surface area (Å²) in [5.74, 6) is -1.28. The zero-order valence-electron chi connectivity index (χ0n) is 17.6. The van der Waals surface area contributed by atoms with E-state index >= 15 is 0 Å². The Morgan fingerprint density at radius 1 is 1.06 bits per heavy atom. The van der Waals surface area contributed by atoms with Crippen molar-refractivity contribution in [3.63, 3.8) is 0 Å². The van der Waals surface area contributed by atoms with Gasteiger partial charge < -0.3 is 5.32 Å². The zero-order chi connectivity index (χ0) is 23.9. The second kappa shape index (κ2) is 8.19. The Labute approximate surface area is 185 Å². The first-order valence-electron chi connectivity index (χ1n) is 9.87. The van der Waals surface area contributed by atoms with Gasteiger partial charge in [0.2, 0.25) is 5.91 Å². The highest BCUT2D eigenvalue weighted by atomic mass is 19.4. The fourth-order valence-corrected chi connectivity index (χ4v) is 3.61. The van der Waals surface area contributed by atoms with Crippen molar-refractivity contribution in [1.82, 2.24) is 14.3 Å². The molecule has 0 saturated carbocycles. The van der Waals surface area contributed by atoms with E-state index in [9.17, 15) is 27.2 Å². The average molecular weight is 458 g/mol. The number of carbonyl (C=O) groups excluding carboxylic acids is 1. The SMILES string of the molecule is Cc1ccc(-n2nc(C)c3c(C(F)(F)F)cc(=O)n(CC(=O)Nc4cccc(F)c4)c32)cc1. The fourth-order valence-electron chi connectivity index (χ4n) is 3.61. The first-order chi connectivity index (χ1) is 15.5. The number of benzene rings is 2. The number of nitrogens with zero attached hydrogens (tertiary/aromatic N) is 3. The number of rotatable bonds is 4. The molecule has 4 aromatic rings. The van der Waals surface area contributed by atoms with Crippen molar-refractivity contribution in [1.29, 1.82) is 0 Å². The molecule has 0 aliphatic heterocycles. The van der Waals surface area contributed by atoms with E-state index < -0.39 is 35.6 Å². The number of fused-ring (bicyclic) bond motifs is 1. The van der Waals surface area contributed by atoms with Crippen molar-refractivity contribution >= 4 is 22.6 Å². The lowest BCUT2D eigenvalue weighted by atomic mass is 10.1. The molecule has 1 amide bonds. The van der Waals surface area contributed by atoms with E-state index in [2.05, 4.69) is 10.4 Å². The molecule has 0 fully saturated rings. The Morgan fingerprint density at radius 3 is 2.39 bits per heavy atom. The number of alkyl halides is 3. The highest BCUT2D eigenvalue weighted by Crippen LogP contribution is 2.36. The summed E-state index contributed by atoms with van der Waals surface area (Å²) >= 11 is 0. The van der Waals surface area contributed by atoms with Gasteiger partial charge in [0, 0.05) is 11.8 Å². The van der Waals surface area contributed by atoms with E-state index in [-0.39, 0.29) is 22.4 Å². The maximum atomic E-state index is 13.8. The molecular formula is C23H18F4N4O2. The van der Waals surface area contributed by atoms with E-state index in [1.165, 1.54) is 29.8 Å². The number of pyridine rings is 1. The highest BCUT2D eigenvalue weighted by Gasteiger charge is 2.36. The highest BCUT2D eigenvalue weighted by molar-refractivity contribution is 5.92. The summed E-state index contributed by atoms with van der Waals surface area (Å²) in [4.78, 5) is 25.4. The quantitative estimate of drug-likeness (QED) is 0.455. The lowest BCUT2D eigenvalue weighted by Crippen LogP contribution is -2.30. The normalized spacial score (nSPS) is 11.7. The van der Waals surface area contributed by atoms with Crippen molar-refractivity contribution < 1.29 is 22.4 Å². The van der Waals surface area contributed by atoms with E-state index in [4.69, 9.17) is 0 Å². The van der Waals surface area contributed by atoms with Gasteiger partial charge in [0.15, 0.2) is 0 Å². The minimum atomic E-state index is -4.80. The van der Waals surface area contributed by atoms with E-state index in [0.717, 1.165) is 16.2 Å². The topological polar surface area (TPSA) is 68.9 Å². The molecule has 0 aliphatic rings. The van der Waals surface area contributed by atoms with Crippen molar-refractivity contribution in [3.05, 3.63) is 87.6 Å². The van der Waals surface area contributed by atoms with Crippen LogP contribution in [0.5, 0.6) is 0 Å². The Morgan fingerprint density at radius 2 is 1.76 bits per heavy atom. The third-order valence-electron chi connectivity index (χ3n) is 5.09. The van der Waals surface area contributed by atoms with Crippen LogP contribution in [-0.4, -0.2) is 20.3 Å². The molecule has 0 aliphatic carbocycles. The number of halogens is 4. The van der Waals surface area contributed by atoms with Gasteiger partial charge in [-0.25, -0.2) is 9.07 Å². The molecule has 0 atom stereocenters. The minimum Gasteiger partial charge on any atom is -0.324 e. The van der Waals surface area contributed by atoms with Crippen LogP contribution in [0.25, 0.3) is 16.7 Å². The van der Waals surface area contributed by atoms with Crippen LogP contribution in [0.3, 0.4) is 0 Å². The predicted octanol–water partition coefficient (Wildman–Crippen LogP) is 4.60. The summed E-state index contributed by atoms with van der Waals surface area (Å²) in [6.07, 6.45) is -4.80. The van der Waals surface area contributed by atoms with Crippen molar-refractivity contribution in [2.45, 2.75) is 26.6 Å². The van der Waals surface area contributed by atoms with Crippen molar-refractivity contribution in [2.24, 2.45) is 0 Å². The van der Waals surface area contributed by atoms with E-state index in [0.29, 0.717) is 11.8 Å². The summed E-state index contributed by atoms with van der Waals surface area (Å²) in [5.41, 5.74) is -0.744. The van der Waals surface area contributed by atoms with Crippen LogP contribution >= 0.6 is 0 Å². The smallest absolute Gasteiger partial charge is 0.324 e. The van der Waals surface area contributed by atoms with E-state index in [1.54, 1.807) is 24.3 Å². The van der Waals surface area contributed by atoms with Crippen LogP contribution < -0.4 is 10.9 Å². The third kappa shape index (κ3) is 4.36. The van der Waals surface area contributed by atoms with Crippen LogP contribution in [-0.2, 0) is 17.5 Å². The molecule has 2 aromatic heterocycles. The molecule has 1 N–H and O–H groups in total. The first kappa shape index (κ1) is 22.3. The number of amides is 1. The Bertz CT molecular complexity index is 1420. The second-order valence-electron chi connectivity index (χ2n) is 7.57. The van der Waals surface area contributed by atoms with Crippen LogP contribution in [0, 0.1) is 19.7 Å². The number of aryl methyl sites for hydroxylation is 2. The van der Waals surface area contributed by atoms with Crippen molar-refractivity contribution in [2.75, 3.05) is 5.32 Å². The van der Waals surface area contributed by atoms with Crippen LogP contribution in [0.2, 0.25) is 0 Å². The minimum absolute atomic E-state index is 0.0530. The predicted molar refractivity (Wildman–Crippen MR) is 115 cm³/mol. The molecule has 0 bridgehead atoms. The molecule has 4 rings (SSSR count). The van der Waals surface area contributed by atoms with Gasteiger partial charge in [-0.05, 0) is 44.2 Å². The lowest BCUT2D eigenvalue weighted by Gasteiger charge is -2.15. The molecule has 0 radical (unpaired) electrons. The molecule has 170 valence electrons. The molecule has 2 heterocycles. The second-order valence-corrected chi connectivity index (χ2v) is 7.57. The van der Waals surface area contributed by atoms with Gasteiger partial charge >= 0.3 is 6.18 Å². The van der Waals surface area contributed by atoms with Gasteiger partial charge in [0.05, 0.1) is 22.3 Å². The molecule has 33 heavy (non-hydrogen) atoms. The Hall–Kier alpha value is -3.95. The van der Waals surface area contributed by atoms with E-state index in [1.807, 2.05) is 6.92 Å². The molecule has 0 saturated heterocycles. The maximum Gasteiger partial charge on any atom is 0.417 e. The first-order valence-corrected chi connectivity index (χ1v) is 9.87. The summed E-state index contributed by atoms with van der Waals surface area (Å²) in [6.45, 7) is 2.66. The van der Waals surface area contributed by atoms with Gasteiger partial charge in [-0.3, -0.25) is 14.2 Å². The van der Waals surface area contributed by atoms with Crippen LogP contribution in [0.15, 0.2) is 59.4 Å². The number of carbonyl (C=O) groups is 1. The molecule has 10 heteroatoms. The molecule has 2 aromatic carbocycles. The summed E-state index contributed by atoms with van der Waals surface area (Å²) in [6, 6.07) is 12.4. The lowest BCUT2D eigenvalue weighted by molar-refractivity contribution is -0.136. The van der Waals surface area contributed by atoms with Gasteiger partial charge in [0.1, 0.15) is 18.0 Å². The van der Waals surface area contributed by atoms with Gasteiger partial charge in [-0.1, -0.05) is 23.8 Å². The number of nitrogens with one attached hydrogen (secondary N) is 1. The van der Waals surface area contributed by atoms with Crippen LogP contribution in [0.1, 0.15) is 16.8 Å². The van der Waals surface area contributed by atoms with Gasteiger partial charge in [-0.15, -0.1) is 0 Å². The number of aromatic nitrogens is 3. The van der Waals surface area contributed by atoms with Crippen LogP contribution in [0.4, 0.5) is 23.2 Å². The zero-order valence-corrected chi connectivity index (χ0v) is 17.6. The molecule has 6 nitrogen and oxygen atoms in total. The monoisotopic (exact) mass is 458 g/mol. The van der Waals surface area contributed by atoms with Crippen molar-refractivity contribution in [3.8, 4) is 5.69 Å². The number of hydrogen-bond acceptors (Lipinski definition) is 3. The fraction of sp³-hybridized carbons (Fsp3) is 0.174. The average Bonchev–Trinajstić information content (AvgIpc) is 3.06. The third-order valence-corrected chi connectivity index (χ3v) is 5.09.